The summed E-state index contributed by atoms with van der Waals surface area (Å²) in [6.45, 7) is 0.409. The number of ether oxygens (including phenoxy) is 1. The van der Waals surface area contributed by atoms with Gasteiger partial charge in [-0.15, -0.1) is 0 Å². The third-order valence-corrected chi connectivity index (χ3v) is 3.29. The molecule has 1 aromatic rings. The fourth-order valence-electron chi connectivity index (χ4n) is 1.81. The van der Waals surface area contributed by atoms with Crippen molar-refractivity contribution in [3.05, 3.63) is 24.0 Å². The molecule has 0 aromatic heterocycles. The predicted octanol–water partition coefficient (Wildman–Crippen LogP) is 0.481. The van der Waals surface area contributed by atoms with Gasteiger partial charge in [0.2, 0.25) is 10.0 Å². The van der Waals surface area contributed by atoms with Crippen LogP contribution in [0.4, 0.5) is 20.6 Å². The third kappa shape index (κ3) is 3.17. The smallest absolute Gasteiger partial charge is 0.414 e. The van der Waals surface area contributed by atoms with Gasteiger partial charge in [-0.05, 0) is 18.2 Å². The van der Waals surface area contributed by atoms with Crippen LogP contribution in [0.15, 0.2) is 18.2 Å². The van der Waals surface area contributed by atoms with Crippen molar-refractivity contribution in [1.82, 2.24) is 0 Å². The summed E-state index contributed by atoms with van der Waals surface area (Å²) in [5, 5.41) is 0. The summed E-state index contributed by atoms with van der Waals surface area (Å²) >= 11 is 0. The van der Waals surface area contributed by atoms with Crippen molar-refractivity contribution in [3.63, 3.8) is 0 Å². The van der Waals surface area contributed by atoms with E-state index < -0.39 is 28.0 Å². The lowest BCUT2D eigenvalue weighted by Gasteiger charge is -2.14. The fraction of sp³-hybridized carbons (Fsp3) is 0.364. The lowest BCUT2D eigenvalue weighted by Crippen LogP contribution is -2.27. The molecule has 1 saturated heterocycles. The number of nitrogens with one attached hydrogen (secondary N) is 1. The van der Waals surface area contributed by atoms with E-state index in [4.69, 9.17) is 10.5 Å². The molecule has 3 N–H and O–H groups in total. The lowest BCUT2D eigenvalue weighted by molar-refractivity contribution is 0.145. The molecule has 1 atom stereocenters. The highest BCUT2D eigenvalue weighted by atomic mass is 32.2. The van der Waals surface area contributed by atoms with Crippen molar-refractivity contribution >= 4 is 27.5 Å². The number of amides is 1. The highest BCUT2D eigenvalue weighted by molar-refractivity contribution is 7.92. The lowest BCUT2D eigenvalue weighted by atomic mass is 10.2. The molecule has 1 aromatic carbocycles. The van der Waals surface area contributed by atoms with E-state index in [1.807, 2.05) is 4.72 Å². The molecule has 1 aliphatic rings. The quantitative estimate of drug-likeness (QED) is 0.842. The Bertz CT molecular complexity index is 635. The minimum Gasteiger partial charge on any atom is -0.443 e. The molecule has 0 aliphatic carbocycles. The van der Waals surface area contributed by atoms with Crippen LogP contribution in [0.5, 0.6) is 0 Å². The van der Waals surface area contributed by atoms with Crippen LogP contribution >= 0.6 is 0 Å². The minimum absolute atomic E-state index is 0.179. The normalized spacial score (nSPS) is 19.1. The van der Waals surface area contributed by atoms with E-state index >= 15 is 0 Å². The summed E-state index contributed by atoms with van der Waals surface area (Å²) in [5.41, 5.74) is 5.50. The zero-order valence-corrected chi connectivity index (χ0v) is 11.5. The number of benzene rings is 1. The first-order valence-corrected chi connectivity index (χ1v) is 7.65. The highest BCUT2D eigenvalue weighted by Gasteiger charge is 2.31. The van der Waals surface area contributed by atoms with E-state index in [9.17, 15) is 17.6 Å². The SMILES string of the molecule is CS(=O)(=O)Nc1ccc(N2C[C@H](CN)OC2=O)cc1F. The molecule has 9 heteroatoms. The zero-order valence-electron chi connectivity index (χ0n) is 10.7. The number of carbonyl (C=O) groups excluding carboxylic acids is 1. The Labute approximate surface area is 115 Å². The van der Waals surface area contributed by atoms with Gasteiger partial charge in [0.15, 0.2) is 0 Å². The van der Waals surface area contributed by atoms with E-state index in [0.29, 0.717) is 0 Å². The molecule has 0 bridgehead atoms. The van der Waals surface area contributed by atoms with Crippen molar-refractivity contribution in [2.75, 3.05) is 29.0 Å². The van der Waals surface area contributed by atoms with Crippen molar-refractivity contribution < 1.29 is 22.3 Å². The number of nitrogens with two attached hydrogens (primary N) is 1. The van der Waals surface area contributed by atoms with Crippen LogP contribution in [0.25, 0.3) is 0 Å². The van der Waals surface area contributed by atoms with Crippen molar-refractivity contribution in [1.29, 1.82) is 0 Å². The van der Waals surface area contributed by atoms with E-state index in [2.05, 4.69) is 0 Å². The molecule has 1 fully saturated rings. The van der Waals surface area contributed by atoms with Gasteiger partial charge in [-0.25, -0.2) is 17.6 Å². The van der Waals surface area contributed by atoms with Gasteiger partial charge in [0.25, 0.3) is 0 Å². The summed E-state index contributed by atoms with van der Waals surface area (Å²) < 4.78 is 42.9. The van der Waals surface area contributed by atoms with Gasteiger partial charge in [0, 0.05) is 6.54 Å². The Balaban J connectivity index is 2.23. The standard InChI is InChI=1S/C11H14FN3O4S/c1-20(17,18)14-10-3-2-7(4-9(10)12)15-6-8(5-13)19-11(15)16/h2-4,8,14H,5-6,13H2,1H3/t8-/m0/s1. The van der Waals surface area contributed by atoms with Crippen LogP contribution in [0.1, 0.15) is 0 Å². The first-order valence-electron chi connectivity index (χ1n) is 5.75. The Morgan fingerprint density at radius 2 is 2.25 bits per heavy atom. The number of carbonyl (C=O) groups is 1. The Kier molecular flexibility index (Phi) is 3.82. The maximum atomic E-state index is 13.8. The average Bonchev–Trinajstić information content (AvgIpc) is 2.72. The van der Waals surface area contributed by atoms with Crippen LogP contribution in [0.3, 0.4) is 0 Å². The zero-order chi connectivity index (χ0) is 14.9. The van der Waals surface area contributed by atoms with Gasteiger partial charge in [0.1, 0.15) is 11.9 Å². The number of hydrogen-bond acceptors (Lipinski definition) is 5. The van der Waals surface area contributed by atoms with Crippen molar-refractivity contribution in [3.8, 4) is 0 Å². The molecule has 1 aliphatic heterocycles. The number of anilines is 2. The van der Waals surface area contributed by atoms with Crippen LogP contribution < -0.4 is 15.4 Å². The van der Waals surface area contributed by atoms with E-state index in [1.165, 1.54) is 17.0 Å². The average molecular weight is 303 g/mol. The summed E-state index contributed by atoms with van der Waals surface area (Å²) in [7, 11) is -3.57. The van der Waals surface area contributed by atoms with Crippen LogP contribution in [0, 0.1) is 5.82 Å². The van der Waals surface area contributed by atoms with Crippen molar-refractivity contribution in [2.45, 2.75) is 6.10 Å². The second-order valence-corrected chi connectivity index (χ2v) is 6.14. The number of halogens is 1. The molecule has 2 rings (SSSR count). The van der Waals surface area contributed by atoms with Gasteiger partial charge in [-0.1, -0.05) is 0 Å². The van der Waals surface area contributed by atoms with E-state index in [0.717, 1.165) is 12.3 Å². The first-order chi connectivity index (χ1) is 9.30. The molecule has 0 spiro atoms. The van der Waals surface area contributed by atoms with Crippen LogP contribution in [0.2, 0.25) is 0 Å². The Morgan fingerprint density at radius 3 is 2.75 bits per heavy atom. The molecule has 1 amide bonds. The third-order valence-electron chi connectivity index (χ3n) is 2.70. The van der Waals surface area contributed by atoms with Crippen molar-refractivity contribution in [2.24, 2.45) is 5.73 Å². The van der Waals surface area contributed by atoms with Gasteiger partial charge >= 0.3 is 6.09 Å². The number of cyclic esters (lactones) is 1. The summed E-state index contributed by atoms with van der Waals surface area (Å²) in [5.74, 6) is -0.781. The van der Waals surface area contributed by atoms with Gasteiger partial charge < -0.3 is 10.5 Å². The summed E-state index contributed by atoms with van der Waals surface area (Å²) in [6, 6.07) is 3.74. The van der Waals surface area contributed by atoms with Gasteiger partial charge in [-0.3, -0.25) is 9.62 Å². The second kappa shape index (κ2) is 5.25. The molecular weight excluding hydrogens is 289 g/mol. The monoisotopic (exact) mass is 303 g/mol. The maximum Gasteiger partial charge on any atom is 0.414 e. The maximum absolute atomic E-state index is 13.8. The largest absolute Gasteiger partial charge is 0.443 e. The second-order valence-electron chi connectivity index (χ2n) is 4.39. The number of hydrogen-bond donors (Lipinski definition) is 2. The Hall–Kier alpha value is -1.87. The number of rotatable bonds is 4. The topological polar surface area (TPSA) is 102 Å². The van der Waals surface area contributed by atoms with Crippen LogP contribution in [-0.2, 0) is 14.8 Å². The van der Waals surface area contributed by atoms with E-state index in [-0.39, 0.29) is 24.5 Å². The first kappa shape index (κ1) is 14.5. The van der Waals surface area contributed by atoms with Crippen LogP contribution in [-0.4, -0.2) is 40.0 Å². The molecule has 7 nitrogen and oxygen atoms in total. The molecular formula is C11H14FN3O4S. The van der Waals surface area contributed by atoms with Gasteiger partial charge in [0.05, 0.1) is 24.2 Å². The molecule has 0 unspecified atom stereocenters. The molecule has 110 valence electrons. The Morgan fingerprint density at radius 1 is 1.55 bits per heavy atom. The highest BCUT2D eigenvalue weighted by Crippen LogP contribution is 2.26. The summed E-state index contributed by atoms with van der Waals surface area (Å²) in [4.78, 5) is 12.8. The van der Waals surface area contributed by atoms with E-state index in [1.54, 1.807) is 0 Å². The molecule has 1 heterocycles. The fourth-order valence-corrected chi connectivity index (χ4v) is 2.37. The number of nitrogens with zero attached hydrogens (tertiary/aromatic N) is 1. The summed E-state index contributed by atoms with van der Waals surface area (Å²) in [6.07, 6.45) is -0.118. The van der Waals surface area contributed by atoms with Gasteiger partial charge in [-0.2, -0.15) is 0 Å². The molecule has 20 heavy (non-hydrogen) atoms. The molecule has 0 radical (unpaired) electrons. The molecule has 0 saturated carbocycles. The predicted molar refractivity (Wildman–Crippen MR) is 71.5 cm³/mol. The number of sulfonamides is 1. The minimum atomic E-state index is -3.57.